The van der Waals surface area contributed by atoms with Crippen molar-refractivity contribution in [1.29, 1.82) is 0 Å². The largest absolute Gasteiger partial charge is 0.496 e. The Morgan fingerprint density at radius 3 is 2.86 bits per heavy atom. The first-order valence-electron chi connectivity index (χ1n) is 4.81. The van der Waals surface area contributed by atoms with Gasteiger partial charge in [-0.2, -0.15) is 0 Å². The van der Waals surface area contributed by atoms with Crippen molar-refractivity contribution in [3.8, 4) is 5.75 Å². The van der Waals surface area contributed by atoms with E-state index in [2.05, 4.69) is 34.2 Å². The van der Waals surface area contributed by atoms with Gasteiger partial charge >= 0.3 is 0 Å². The molecule has 0 atom stereocenters. The minimum atomic E-state index is 0.865. The van der Waals surface area contributed by atoms with Crippen LogP contribution in [-0.4, -0.2) is 13.7 Å². The molecule has 1 rings (SSSR count). The lowest BCUT2D eigenvalue weighted by Gasteiger charge is -2.09. The molecule has 0 spiro atoms. The van der Waals surface area contributed by atoms with Gasteiger partial charge in [0, 0.05) is 16.6 Å². The lowest BCUT2D eigenvalue weighted by molar-refractivity contribution is 0.407. The third kappa shape index (κ3) is 3.31. The summed E-state index contributed by atoms with van der Waals surface area (Å²) in [6.07, 6.45) is 1.15. The number of benzene rings is 1. The molecule has 1 aromatic carbocycles. The molecule has 0 aliphatic rings. The molecule has 1 N–H and O–H groups in total. The minimum absolute atomic E-state index is 0.865. The average molecular weight is 258 g/mol. The number of rotatable bonds is 5. The topological polar surface area (TPSA) is 21.3 Å². The summed E-state index contributed by atoms with van der Waals surface area (Å²) in [6.45, 7) is 4.06. The second-order valence-electron chi connectivity index (χ2n) is 3.13. The fourth-order valence-corrected chi connectivity index (χ4v) is 1.60. The second-order valence-corrected chi connectivity index (χ2v) is 4.05. The smallest absolute Gasteiger partial charge is 0.124 e. The number of nitrogens with one attached hydrogen (secondary N) is 1. The zero-order valence-corrected chi connectivity index (χ0v) is 10.2. The average Bonchev–Trinajstić information content (AvgIpc) is 2.20. The first-order chi connectivity index (χ1) is 6.77. The van der Waals surface area contributed by atoms with Gasteiger partial charge in [0.05, 0.1) is 7.11 Å². The van der Waals surface area contributed by atoms with E-state index in [1.807, 2.05) is 12.1 Å². The molecule has 0 radical (unpaired) electrons. The van der Waals surface area contributed by atoms with Crippen LogP contribution in [0.5, 0.6) is 5.75 Å². The van der Waals surface area contributed by atoms with Crippen LogP contribution in [0.25, 0.3) is 0 Å². The molecule has 14 heavy (non-hydrogen) atoms. The molecular weight excluding hydrogens is 242 g/mol. The van der Waals surface area contributed by atoms with Gasteiger partial charge < -0.3 is 10.1 Å². The molecule has 0 heterocycles. The maximum atomic E-state index is 5.29. The third-order valence-corrected chi connectivity index (χ3v) is 2.48. The summed E-state index contributed by atoms with van der Waals surface area (Å²) in [5.41, 5.74) is 1.20. The predicted molar refractivity (Wildman–Crippen MR) is 62.7 cm³/mol. The molecule has 0 unspecified atom stereocenters. The Balaban J connectivity index is 2.65. The number of ether oxygens (including phenoxy) is 1. The summed E-state index contributed by atoms with van der Waals surface area (Å²) < 4.78 is 6.34. The van der Waals surface area contributed by atoms with E-state index in [4.69, 9.17) is 4.74 Å². The first-order valence-corrected chi connectivity index (χ1v) is 5.60. The van der Waals surface area contributed by atoms with Crippen molar-refractivity contribution in [2.45, 2.75) is 19.9 Å². The van der Waals surface area contributed by atoms with Crippen LogP contribution in [0.15, 0.2) is 22.7 Å². The summed E-state index contributed by atoms with van der Waals surface area (Å²) in [4.78, 5) is 0. The maximum Gasteiger partial charge on any atom is 0.124 e. The van der Waals surface area contributed by atoms with Crippen molar-refractivity contribution in [1.82, 2.24) is 5.32 Å². The fourth-order valence-electron chi connectivity index (χ4n) is 1.26. The Bertz CT molecular complexity index is 289. The van der Waals surface area contributed by atoms with E-state index in [0.29, 0.717) is 0 Å². The molecule has 0 amide bonds. The highest BCUT2D eigenvalue weighted by Gasteiger charge is 2.02. The summed E-state index contributed by atoms with van der Waals surface area (Å²) in [5, 5.41) is 3.35. The molecule has 0 fully saturated rings. The van der Waals surface area contributed by atoms with Gasteiger partial charge in [0.15, 0.2) is 0 Å². The molecule has 0 aliphatic carbocycles. The van der Waals surface area contributed by atoms with Gasteiger partial charge in [-0.25, -0.2) is 0 Å². The van der Waals surface area contributed by atoms with Gasteiger partial charge in [0.1, 0.15) is 5.75 Å². The highest BCUT2D eigenvalue weighted by atomic mass is 79.9. The van der Waals surface area contributed by atoms with Gasteiger partial charge in [-0.3, -0.25) is 0 Å². The summed E-state index contributed by atoms with van der Waals surface area (Å²) in [7, 11) is 1.70. The first kappa shape index (κ1) is 11.5. The van der Waals surface area contributed by atoms with Crippen LogP contribution >= 0.6 is 15.9 Å². The third-order valence-electron chi connectivity index (χ3n) is 1.99. The Labute approximate surface area is 93.8 Å². The number of methoxy groups -OCH3 is 1. The van der Waals surface area contributed by atoms with E-state index < -0.39 is 0 Å². The highest BCUT2D eigenvalue weighted by Crippen LogP contribution is 2.23. The monoisotopic (exact) mass is 257 g/mol. The Morgan fingerprint density at radius 1 is 1.43 bits per heavy atom. The van der Waals surface area contributed by atoms with E-state index in [9.17, 15) is 0 Å². The lowest BCUT2D eigenvalue weighted by Crippen LogP contribution is -2.14. The molecule has 78 valence electrons. The highest BCUT2D eigenvalue weighted by molar-refractivity contribution is 9.10. The number of halogens is 1. The van der Waals surface area contributed by atoms with Crippen molar-refractivity contribution in [2.75, 3.05) is 13.7 Å². The quantitative estimate of drug-likeness (QED) is 0.820. The molecule has 0 saturated heterocycles. The zero-order valence-electron chi connectivity index (χ0n) is 8.64. The molecule has 0 aromatic heterocycles. The van der Waals surface area contributed by atoms with Crippen molar-refractivity contribution in [3.63, 3.8) is 0 Å². The van der Waals surface area contributed by atoms with Crippen LogP contribution in [0.4, 0.5) is 0 Å². The van der Waals surface area contributed by atoms with E-state index in [1.165, 1.54) is 5.56 Å². The van der Waals surface area contributed by atoms with Crippen molar-refractivity contribution < 1.29 is 4.74 Å². The SMILES string of the molecule is CCCNCc1ccc(Br)cc1OC. The van der Waals surface area contributed by atoms with Crippen molar-refractivity contribution >= 4 is 15.9 Å². The number of hydrogen-bond donors (Lipinski definition) is 1. The Kier molecular flexibility index (Phi) is 4.98. The van der Waals surface area contributed by atoms with Crippen LogP contribution in [0, 0.1) is 0 Å². The second kappa shape index (κ2) is 6.04. The van der Waals surface area contributed by atoms with E-state index in [1.54, 1.807) is 7.11 Å². The Hall–Kier alpha value is -0.540. The summed E-state index contributed by atoms with van der Waals surface area (Å²) in [5.74, 6) is 0.933. The van der Waals surface area contributed by atoms with Crippen LogP contribution < -0.4 is 10.1 Å². The summed E-state index contributed by atoms with van der Waals surface area (Å²) in [6, 6.07) is 6.10. The van der Waals surface area contributed by atoms with Crippen LogP contribution in [0.1, 0.15) is 18.9 Å². The maximum absolute atomic E-state index is 5.29. The molecule has 3 heteroatoms. The summed E-state index contributed by atoms with van der Waals surface area (Å²) >= 11 is 3.42. The molecule has 0 bridgehead atoms. The van der Waals surface area contributed by atoms with Gasteiger partial charge in [-0.1, -0.05) is 28.9 Å². The predicted octanol–water partition coefficient (Wildman–Crippen LogP) is 2.96. The fraction of sp³-hybridized carbons (Fsp3) is 0.455. The minimum Gasteiger partial charge on any atom is -0.496 e. The van der Waals surface area contributed by atoms with Crippen LogP contribution in [0.3, 0.4) is 0 Å². The normalized spacial score (nSPS) is 10.2. The Morgan fingerprint density at radius 2 is 2.21 bits per heavy atom. The number of hydrogen-bond acceptors (Lipinski definition) is 2. The molecular formula is C11H16BrNO. The van der Waals surface area contributed by atoms with Gasteiger partial charge in [0.25, 0.3) is 0 Å². The van der Waals surface area contributed by atoms with Crippen LogP contribution in [0.2, 0.25) is 0 Å². The van der Waals surface area contributed by atoms with Crippen molar-refractivity contribution in [3.05, 3.63) is 28.2 Å². The zero-order chi connectivity index (χ0) is 10.4. The van der Waals surface area contributed by atoms with Crippen LogP contribution in [-0.2, 0) is 6.54 Å². The molecule has 0 saturated carbocycles. The molecule has 1 aromatic rings. The lowest BCUT2D eigenvalue weighted by atomic mass is 10.2. The van der Waals surface area contributed by atoms with Gasteiger partial charge in [-0.15, -0.1) is 0 Å². The van der Waals surface area contributed by atoms with E-state index in [0.717, 1.165) is 29.7 Å². The van der Waals surface area contributed by atoms with Gasteiger partial charge in [-0.05, 0) is 25.1 Å². The van der Waals surface area contributed by atoms with Crippen molar-refractivity contribution in [2.24, 2.45) is 0 Å². The van der Waals surface area contributed by atoms with E-state index >= 15 is 0 Å². The molecule has 2 nitrogen and oxygen atoms in total. The van der Waals surface area contributed by atoms with Gasteiger partial charge in [0.2, 0.25) is 0 Å². The standard InChI is InChI=1S/C11H16BrNO/c1-3-6-13-8-9-4-5-10(12)7-11(9)14-2/h4-5,7,13H,3,6,8H2,1-2H3. The van der Waals surface area contributed by atoms with E-state index in [-0.39, 0.29) is 0 Å². The molecule has 0 aliphatic heterocycles.